The highest BCUT2D eigenvalue weighted by Gasteiger charge is 2.34. The van der Waals surface area contributed by atoms with Crippen molar-refractivity contribution >= 4 is 18.1 Å². The zero-order chi connectivity index (χ0) is 12.3. The highest BCUT2D eigenvalue weighted by atomic mass is 19.4. The first-order chi connectivity index (χ1) is 7.36. The molecule has 0 aliphatic rings. The monoisotopic (exact) mass is 233 g/mol. The zero-order valence-electron chi connectivity index (χ0n) is 7.71. The van der Waals surface area contributed by atoms with Crippen LogP contribution in [0, 0.1) is 0 Å². The minimum Gasteiger partial charge on any atom is -0.465 e. The van der Waals surface area contributed by atoms with Gasteiger partial charge in [0.1, 0.15) is 0 Å². The Bertz CT molecular complexity index is 428. The van der Waals surface area contributed by atoms with E-state index >= 15 is 0 Å². The number of alkyl halides is 3. The fraction of sp³-hybridized carbons (Fsp3) is 0.111. The fourth-order valence-electron chi connectivity index (χ4n) is 1.15. The molecule has 0 unspecified atom stereocenters. The molecule has 0 spiro atoms. The van der Waals surface area contributed by atoms with E-state index in [1.54, 1.807) is 5.32 Å². The van der Waals surface area contributed by atoms with Gasteiger partial charge in [0.05, 0.1) is 11.3 Å². The van der Waals surface area contributed by atoms with Gasteiger partial charge in [-0.3, -0.25) is 10.1 Å². The number of nitrogens with one attached hydrogen (secondary N) is 1. The zero-order valence-corrected chi connectivity index (χ0v) is 7.71. The first-order valence-corrected chi connectivity index (χ1v) is 4.01. The van der Waals surface area contributed by atoms with Gasteiger partial charge >= 0.3 is 12.3 Å². The predicted molar refractivity (Wildman–Crippen MR) is 48.5 cm³/mol. The summed E-state index contributed by atoms with van der Waals surface area (Å²) >= 11 is 0. The van der Waals surface area contributed by atoms with Crippen molar-refractivity contribution in [2.75, 3.05) is 5.32 Å². The summed E-state index contributed by atoms with van der Waals surface area (Å²) in [4.78, 5) is 20.8. The van der Waals surface area contributed by atoms with Gasteiger partial charge in [-0.15, -0.1) is 0 Å². The summed E-state index contributed by atoms with van der Waals surface area (Å²) in [6.45, 7) is 0. The van der Waals surface area contributed by atoms with E-state index in [9.17, 15) is 22.8 Å². The van der Waals surface area contributed by atoms with Crippen molar-refractivity contribution in [1.82, 2.24) is 0 Å². The van der Waals surface area contributed by atoms with E-state index in [1.807, 2.05) is 0 Å². The van der Waals surface area contributed by atoms with E-state index in [0.717, 1.165) is 12.1 Å². The van der Waals surface area contributed by atoms with Crippen LogP contribution in [-0.4, -0.2) is 17.5 Å². The second-order valence-electron chi connectivity index (χ2n) is 2.82. The number of anilines is 1. The lowest BCUT2D eigenvalue weighted by atomic mass is 10.1. The fourth-order valence-corrected chi connectivity index (χ4v) is 1.15. The Morgan fingerprint density at radius 2 is 2.00 bits per heavy atom. The standard InChI is InChI=1S/C9H6F3NO3/c10-9(11,12)6-3-1-2-5(4-14)7(6)13-8(15)16/h1-4,13H,(H,15,16). The molecule has 4 nitrogen and oxygen atoms in total. The molecular formula is C9H6F3NO3. The Kier molecular flexibility index (Phi) is 3.17. The molecule has 0 heterocycles. The van der Waals surface area contributed by atoms with Crippen LogP contribution in [0.4, 0.5) is 23.7 Å². The number of amides is 1. The topological polar surface area (TPSA) is 66.4 Å². The number of rotatable bonds is 2. The van der Waals surface area contributed by atoms with Gasteiger partial charge in [-0.1, -0.05) is 6.07 Å². The highest BCUT2D eigenvalue weighted by molar-refractivity contribution is 5.93. The third kappa shape index (κ3) is 2.50. The summed E-state index contributed by atoms with van der Waals surface area (Å²) in [6.07, 6.45) is -6.24. The van der Waals surface area contributed by atoms with Gasteiger partial charge in [-0.2, -0.15) is 13.2 Å². The third-order valence-electron chi connectivity index (χ3n) is 1.76. The summed E-state index contributed by atoms with van der Waals surface area (Å²) in [5.41, 5.74) is -2.31. The first-order valence-electron chi connectivity index (χ1n) is 4.01. The average molecular weight is 233 g/mol. The van der Waals surface area contributed by atoms with E-state index in [-0.39, 0.29) is 11.8 Å². The van der Waals surface area contributed by atoms with Gasteiger partial charge in [0.25, 0.3) is 0 Å². The number of benzene rings is 1. The quantitative estimate of drug-likeness (QED) is 0.771. The van der Waals surface area contributed by atoms with E-state index in [4.69, 9.17) is 5.11 Å². The molecular weight excluding hydrogens is 227 g/mol. The second kappa shape index (κ2) is 4.21. The number of carboxylic acid groups (broad SMARTS) is 1. The van der Waals surface area contributed by atoms with Crippen molar-refractivity contribution in [3.8, 4) is 0 Å². The van der Waals surface area contributed by atoms with Crippen molar-refractivity contribution in [3.63, 3.8) is 0 Å². The molecule has 0 aromatic heterocycles. The number of para-hydroxylation sites is 1. The maximum atomic E-state index is 12.5. The molecule has 0 aliphatic carbocycles. The van der Waals surface area contributed by atoms with Crippen molar-refractivity contribution < 1.29 is 27.9 Å². The minimum absolute atomic E-state index is 0.153. The number of carbonyl (C=O) groups is 2. The van der Waals surface area contributed by atoms with Gasteiger partial charge < -0.3 is 5.11 Å². The molecule has 2 N–H and O–H groups in total. The number of hydrogen-bond acceptors (Lipinski definition) is 2. The number of aldehydes is 1. The lowest BCUT2D eigenvalue weighted by molar-refractivity contribution is -0.136. The Morgan fingerprint density at radius 3 is 2.44 bits per heavy atom. The van der Waals surface area contributed by atoms with Crippen molar-refractivity contribution in [2.45, 2.75) is 6.18 Å². The molecule has 0 saturated carbocycles. The Balaban J connectivity index is 3.37. The highest BCUT2D eigenvalue weighted by Crippen LogP contribution is 2.36. The molecule has 0 saturated heterocycles. The van der Waals surface area contributed by atoms with Crippen LogP contribution in [0.15, 0.2) is 18.2 Å². The molecule has 16 heavy (non-hydrogen) atoms. The molecule has 1 aromatic carbocycles. The smallest absolute Gasteiger partial charge is 0.418 e. The molecule has 86 valence electrons. The SMILES string of the molecule is O=Cc1cccc(C(F)(F)F)c1NC(=O)O. The molecule has 1 amide bonds. The van der Waals surface area contributed by atoms with Crippen LogP contribution in [0.3, 0.4) is 0 Å². The largest absolute Gasteiger partial charge is 0.465 e. The summed E-state index contributed by atoms with van der Waals surface area (Å²) in [5.74, 6) is 0. The number of halogens is 3. The number of hydrogen-bond donors (Lipinski definition) is 2. The average Bonchev–Trinajstić information content (AvgIpc) is 2.15. The lowest BCUT2D eigenvalue weighted by Gasteiger charge is -2.13. The van der Waals surface area contributed by atoms with E-state index in [1.165, 1.54) is 0 Å². The molecule has 1 aromatic rings. The summed E-state index contributed by atoms with van der Waals surface area (Å²) in [5, 5.41) is 9.95. The van der Waals surface area contributed by atoms with Crippen LogP contribution >= 0.6 is 0 Å². The Labute approximate surface area is 87.7 Å². The molecule has 1 rings (SSSR count). The van der Waals surface area contributed by atoms with Crippen LogP contribution in [-0.2, 0) is 6.18 Å². The minimum atomic E-state index is -4.73. The van der Waals surface area contributed by atoms with Gasteiger partial charge in [-0.25, -0.2) is 4.79 Å². The molecule has 0 fully saturated rings. The lowest BCUT2D eigenvalue weighted by Crippen LogP contribution is -2.16. The van der Waals surface area contributed by atoms with E-state index in [0.29, 0.717) is 6.07 Å². The summed E-state index contributed by atoms with van der Waals surface area (Å²) in [6, 6.07) is 2.81. The normalized spacial score (nSPS) is 10.9. The number of carbonyl (C=O) groups excluding carboxylic acids is 1. The summed E-state index contributed by atoms with van der Waals surface area (Å²) < 4.78 is 37.4. The van der Waals surface area contributed by atoms with Crippen LogP contribution in [0.25, 0.3) is 0 Å². The van der Waals surface area contributed by atoms with Gasteiger partial charge in [-0.05, 0) is 12.1 Å². The Morgan fingerprint density at radius 1 is 1.38 bits per heavy atom. The third-order valence-corrected chi connectivity index (χ3v) is 1.76. The first kappa shape index (κ1) is 12.0. The summed E-state index contributed by atoms with van der Waals surface area (Å²) in [7, 11) is 0. The second-order valence-corrected chi connectivity index (χ2v) is 2.82. The predicted octanol–water partition coefficient (Wildman–Crippen LogP) is 2.61. The van der Waals surface area contributed by atoms with Crippen molar-refractivity contribution in [2.24, 2.45) is 0 Å². The molecule has 0 bridgehead atoms. The van der Waals surface area contributed by atoms with Gasteiger partial charge in [0.2, 0.25) is 0 Å². The molecule has 7 heteroatoms. The maximum absolute atomic E-state index is 12.5. The van der Waals surface area contributed by atoms with Gasteiger partial charge in [0.15, 0.2) is 6.29 Å². The van der Waals surface area contributed by atoms with Crippen LogP contribution in [0.5, 0.6) is 0 Å². The van der Waals surface area contributed by atoms with Crippen LogP contribution in [0.2, 0.25) is 0 Å². The van der Waals surface area contributed by atoms with Crippen LogP contribution < -0.4 is 5.32 Å². The van der Waals surface area contributed by atoms with Crippen LogP contribution in [0.1, 0.15) is 15.9 Å². The van der Waals surface area contributed by atoms with E-state index < -0.39 is 23.5 Å². The maximum Gasteiger partial charge on any atom is 0.418 e. The van der Waals surface area contributed by atoms with Gasteiger partial charge in [0, 0.05) is 5.56 Å². The van der Waals surface area contributed by atoms with E-state index in [2.05, 4.69) is 0 Å². The van der Waals surface area contributed by atoms with Crippen molar-refractivity contribution in [3.05, 3.63) is 29.3 Å². The molecule has 0 radical (unpaired) electrons. The van der Waals surface area contributed by atoms with Crippen molar-refractivity contribution in [1.29, 1.82) is 0 Å². The molecule has 0 atom stereocenters. The Hall–Kier alpha value is -2.05. The molecule has 0 aliphatic heterocycles.